The fourth-order valence-corrected chi connectivity index (χ4v) is 1.56. The molecule has 15 heavy (non-hydrogen) atoms. The monoisotopic (exact) mass is 204 g/mol. The summed E-state index contributed by atoms with van der Waals surface area (Å²) in [6, 6.07) is 4.80. The number of ketones is 1. The first-order valence-electron chi connectivity index (χ1n) is 4.83. The lowest BCUT2D eigenvalue weighted by atomic mass is 10.0. The van der Waals surface area contributed by atoms with Gasteiger partial charge >= 0.3 is 0 Å². The molecule has 4 nitrogen and oxygen atoms in total. The summed E-state index contributed by atoms with van der Waals surface area (Å²) in [7, 11) is 0. The number of carbonyl (C=O) groups is 2. The van der Waals surface area contributed by atoms with Gasteiger partial charge in [-0.1, -0.05) is 6.07 Å². The van der Waals surface area contributed by atoms with E-state index in [2.05, 4.69) is 0 Å². The number of benzene rings is 1. The SMILES string of the molecule is NC(=O)c1cccc(C(=O)C2CC2)c1N. The molecule has 1 amide bonds. The minimum atomic E-state index is -0.599. The van der Waals surface area contributed by atoms with Gasteiger partial charge in [0.05, 0.1) is 11.3 Å². The highest BCUT2D eigenvalue weighted by Gasteiger charge is 2.31. The molecule has 1 aliphatic rings. The molecule has 1 aliphatic carbocycles. The topological polar surface area (TPSA) is 86.2 Å². The second-order valence-electron chi connectivity index (χ2n) is 3.77. The van der Waals surface area contributed by atoms with Crippen molar-refractivity contribution in [2.75, 3.05) is 5.73 Å². The van der Waals surface area contributed by atoms with Crippen molar-refractivity contribution in [2.45, 2.75) is 12.8 Å². The molecule has 0 unspecified atom stereocenters. The van der Waals surface area contributed by atoms with E-state index >= 15 is 0 Å². The van der Waals surface area contributed by atoms with Crippen molar-refractivity contribution < 1.29 is 9.59 Å². The highest BCUT2D eigenvalue weighted by Crippen LogP contribution is 2.34. The smallest absolute Gasteiger partial charge is 0.250 e. The number of hydrogen-bond acceptors (Lipinski definition) is 3. The quantitative estimate of drug-likeness (QED) is 0.568. The fraction of sp³-hybridized carbons (Fsp3) is 0.273. The van der Waals surface area contributed by atoms with Gasteiger partial charge in [-0.05, 0) is 25.0 Å². The summed E-state index contributed by atoms with van der Waals surface area (Å²) in [4.78, 5) is 22.8. The summed E-state index contributed by atoms with van der Waals surface area (Å²) >= 11 is 0. The third kappa shape index (κ3) is 1.70. The van der Waals surface area contributed by atoms with E-state index < -0.39 is 5.91 Å². The second kappa shape index (κ2) is 3.38. The number of para-hydroxylation sites is 1. The lowest BCUT2D eigenvalue weighted by Crippen LogP contribution is -2.16. The predicted octanol–water partition coefficient (Wildman–Crippen LogP) is 0.960. The van der Waals surface area contributed by atoms with Crippen LogP contribution in [0.4, 0.5) is 5.69 Å². The van der Waals surface area contributed by atoms with Crippen LogP contribution in [-0.2, 0) is 0 Å². The van der Waals surface area contributed by atoms with Crippen molar-refractivity contribution in [3.8, 4) is 0 Å². The standard InChI is InChI=1S/C11H12N2O2/c12-9-7(10(14)6-4-5-6)2-1-3-8(9)11(13)15/h1-3,6H,4-5,12H2,(H2,13,15). The van der Waals surface area contributed by atoms with E-state index in [0.717, 1.165) is 12.8 Å². The Kier molecular flexibility index (Phi) is 2.19. The van der Waals surface area contributed by atoms with Crippen molar-refractivity contribution in [1.82, 2.24) is 0 Å². The molecule has 4 N–H and O–H groups in total. The normalized spacial score (nSPS) is 14.9. The average Bonchev–Trinajstić information content (AvgIpc) is 3.00. The van der Waals surface area contributed by atoms with Crippen LogP contribution in [0.3, 0.4) is 0 Å². The molecular weight excluding hydrogens is 192 g/mol. The molecule has 0 saturated heterocycles. The van der Waals surface area contributed by atoms with Crippen molar-refractivity contribution in [3.63, 3.8) is 0 Å². The van der Waals surface area contributed by atoms with Gasteiger partial charge < -0.3 is 11.5 Å². The van der Waals surface area contributed by atoms with Crippen LogP contribution in [0.2, 0.25) is 0 Å². The van der Waals surface area contributed by atoms with Gasteiger partial charge in [-0.25, -0.2) is 0 Å². The highest BCUT2D eigenvalue weighted by atomic mass is 16.1. The Morgan fingerprint density at radius 3 is 2.33 bits per heavy atom. The van der Waals surface area contributed by atoms with Crippen LogP contribution in [0.15, 0.2) is 18.2 Å². The maximum absolute atomic E-state index is 11.8. The first-order valence-corrected chi connectivity index (χ1v) is 4.83. The van der Waals surface area contributed by atoms with Gasteiger partial charge in [0.1, 0.15) is 0 Å². The van der Waals surface area contributed by atoms with Crippen LogP contribution >= 0.6 is 0 Å². The highest BCUT2D eigenvalue weighted by molar-refractivity contribution is 6.08. The number of hydrogen-bond donors (Lipinski definition) is 2. The van der Waals surface area contributed by atoms with Gasteiger partial charge in [-0.3, -0.25) is 9.59 Å². The molecule has 2 rings (SSSR count). The molecule has 1 aromatic carbocycles. The van der Waals surface area contributed by atoms with Gasteiger partial charge in [0.15, 0.2) is 5.78 Å². The third-order valence-electron chi connectivity index (χ3n) is 2.59. The Morgan fingerprint density at radius 1 is 1.20 bits per heavy atom. The minimum absolute atomic E-state index is 0.0237. The Balaban J connectivity index is 2.43. The number of rotatable bonds is 3. The second-order valence-corrected chi connectivity index (χ2v) is 3.77. The lowest BCUT2D eigenvalue weighted by molar-refractivity contribution is 0.0968. The van der Waals surface area contributed by atoms with Crippen LogP contribution in [-0.4, -0.2) is 11.7 Å². The van der Waals surface area contributed by atoms with Crippen LogP contribution in [0, 0.1) is 5.92 Å². The molecule has 0 spiro atoms. The summed E-state index contributed by atoms with van der Waals surface area (Å²) in [6.07, 6.45) is 1.83. The molecule has 0 radical (unpaired) electrons. The van der Waals surface area contributed by atoms with Gasteiger partial charge in [0.2, 0.25) is 0 Å². The molecule has 4 heteroatoms. The average molecular weight is 204 g/mol. The van der Waals surface area contributed by atoms with E-state index in [4.69, 9.17) is 11.5 Å². The first kappa shape index (κ1) is 9.71. The van der Waals surface area contributed by atoms with Crippen LogP contribution in [0.1, 0.15) is 33.6 Å². The fourth-order valence-electron chi connectivity index (χ4n) is 1.56. The number of amides is 1. The molecule has 1 aromatic rings. The van der Waals surface area contributed by atoms with Gasteiger partial charge in [0, 0.05) is 11.5 Å². The van der Waals surface area contributed by atoms with E-state index in [1.54, 1.807) is 12.1 Å². The van der Waals surface area contributed by atoms with E-state index in [0.29, 0.717) is 5.56 Å². The summed E-state index contributed by atoms with van der Waals surface area (Å²) in [5.41, 5.74) is 11.7. The Labute approximate surface area is 87.3 Å². The molecule has 1 saturated carbocycles. The zero-order valence-corrected chi connectivity index (χ0v) is 8.19. The number of carbonyl (C=O) groups excluding carboxylic acids is 2. The predicted molar refractivity (Wildman–Crippen MR) is 56.4 cm³/mol. The Hall–Kier alpha value is -1.84. The van der Waals surface area contributed by atoms with Gasteiger partial charge in [0.25, 0.3) is 5.91 Å². The number of primary amides is 1. The van der Waals surface area contributed by atoms with Crippen LogP contribution in [0.25, 0.3) is 0 Å². The Morgan fingerprint density at radius 2 is 1.80 bits per heavy atom. The largest absolute Gasteiger partial charge is 0.397 e. The van der Waals surface area contributed by atoms with Crippen LogP contribution in [0.5, 0.6) is 0 Å². The van der Waals surface area contributed by atoms with E-state index in [1.807, 2.05) is 0 Å². The third-order valence-corrected chi connectivity index (χ3v) is 2.59. The zero-order valence-electron chi connectivity index (χ0n) is 8.19. The molecule has 0 aromatic heterocycles. The van der Waals surface area contributed by atoms with Crippen molar-refractivity contribution in [2.24, 2.45) is 11.7 Å². The summed E-state index contributed by atoms with van der Waals surface area (Å²) in [6.45, 7) is 0. The van der Waals surface area contributed by atoms with Gasteiger partial charge in [-0.15, -0.1) is 0 Å². The van der Waals surface area contributed by atoms with Crippen LogP contribution < -0.4 is 11.5 Å². The zero-order chi connectivity index (χ0) is 11.0. The molecule has 78 valence electrons. The van der Waals surface area contributed by atoms with E-state index in [9.17, 15) is 9.59 Å². The maximum Gasteiger partial charge on any atom is 0.250 e. The van der Waals surface area contributed by atoms with Crippen molar-refractivity contribution in [1.29, 1.82) is 0 Å². The lowest BCUT2D eigenvalue weighted by Gasteiger charge is -2.06. The summed E-state index contributed by atoms with van der Waals surface area (Å²) in [5, 5.41) is 0. The number of Topliss-reactive ketones (excluding diaryl/α,β-unsaturated/α-hetero) is 1. The van der Waals surface area contributed by atoms with Crippen molar-refractivity contribution >= 4 is 17.4 Å². The van der Waals surface area contributed by atoms with Gasteiger partial charge in [-0.2, -0.15) is 0 Å². The number of anilines is 1. The molecular formula is C11H12N2O2. The minimum Gasteiger partial charge on any atom is -0.397 e. The molecule has 0 aliphatic heterocycles. The Bertz CT molecular complexity index is 436. The number of nitrogen functional groups attached to an aromatic ring is 1. The first-order chi connectivity index (χ1) is 7.11. The van der Waals surface area contributed by atoms with E-state index in [-0.39, 0.29) is 23.0 Å². The molecule has 0 bridgehead atoms. The summed E-state index contributed by atoms with van der Waals surface area (Å²) < 4.78 is 0. The summed E-state index contributed by atoms with van der Waals surface area (Å²) in [5.74, 6) is -0.482. The molecule has 1 fully saturated rings. The molecule has 0 heterocycles. The molecule has 0 atom stereocenters. The van der Waals surface area contributed by atoms with Crippen molar-refractivity contribution in [3.05, 3.63) is 29.3 Å². The number of nitrogens with two attached hydrogens (primary N) is 2. The maximum atomic E-state index is 11.8. The van der Waals surface area contributed by atoms with E-state index in [1.165, 1.54) is 6.07 Å².